The summed E-state index contributed by atoms with van der Waals surface area (Å²) in [7, 11) is 0. The van der Waals surface area contributed by atoms with Gasteiger partial charge in [-0.3, -0.25) is 0 Å². The Hall–Kier alpha value is -1.74. The molecule has 0 radical (unpaired) electrons. The lowest BCUT2D eigenvalue weighted by Gasteiger charge is -2.12. The van der Waals surface area contributed by atoms with E-state index in [0.717, 1.165) is 16.7 Å². The van der Waals surface area contributed by atoms with Crippen LogP contribution in [0.4, 0.5) is 0 Å². The Morgan fingerprint density at radius 2 is 1.81 bits per heavy atom. The number of aliphatic hydroxyl groups excluding tert-OH is 1. The Morgan fingerprint density at radius 1 is 1.12 bits per heavy atom. The van der Waals surface area contributed by atoms with Crippen molar-refractivity contribution >= 4 is 0 Å². The molecule has 1 aromatic heterocycles. The van der Waals surface area contributed by atoms with Crippen molar-refractivity contribution in [3.63, 3.8) is 0 Å². The summed E-state index contributed by atoms with van der Waals surface area (Å²) in [5, 5.41) is 10.2. The van der Waals surface area contributed by atoms with Crippen LogP contribution in [0.2, 0.25) is 0 Å². The van der Waals surface area contributed by atoms with E-state index in [0.29, 0.717) is 5.82 Å². The predicted octanol–water partition coefficient (Wildman–Crippen LogP) is 2.18. The van der Waals surface area contributed by atoms with Crippen LogP contribution in [-0.4, -0.2) is 15.1 Å². The summed E-state index contributed by atoms with van der Waals surface area (Å²) in [4.78, 5) is 8.13. The quantitative estimate of drug-likeness (QED) is 0.833. The molecule has 16 heavy (non-hydrogen) atoms. The first-order chi connectivity index (χ1) is 7.68. The zero-order valence-corrected chi connectivity index (χ0v) is 9.38. The van der Waals surface area contributed by atoms with E-state index < -0.39 is 6.10 Å². The normalized spacial score (nSPS) is 12.4. The number of benzene rings is 1. The van der Waals surface area contributed by atoms with Gasteiger partial charge in [-0.05, 0) is 31.0 Å². The highest BCUT2D eigenvalue weighted by Crippen LogP contribution is 2.22. The number of aliphatic hydroxyl groups is 1. The average Bonchev–Trinajstić information content (AvgIpc) is 2.32. The maximum absolute atomic E-state index is 10.2. The Kier molecular flexibility index (Phi) is 2.97. The number of rotatable bonds is 2. The molecule has 2 rings (SSSR count). The molecule has 1 unspecified atom stereocenters. The monoisotopic (exact) mass is 214 g/mol. The maximum atomic E-state index is 10.2. The number of aryl methyl sites for hydroxylation is 2. The summed E-state index contributed by atoms with van der Waals surface area (Å²) >= 11 is 0. The molecule has 3 heteroatoms. The summed E-state index contributed by atoms with van der Waals surface area (Å²) in [6.07, 6.45) is 2.52. The minimum Gasteiger partial charge on any atom is -0.380 e. The van der Waals surface area contributed by atoms with Crippen LogP contribution >= 0.6 is 0 Å². The van der Waals surface area contributed by atoms with E-state index in [1.165, 1.54) is 0 Å². The van der Waals surface area contributed by atoms with E-state index in [-0.39, 0.29) is 0 Å². The predicted molar refractivity (Wildman–Crippen MR) is 62.0 cm³/mol. The van der Waals surface area contributed by atoms with Gasteiger partial charge in [0.25, 0.3) is 0 Å². The average molecular weight is 214 g/mol. The summed E-state index contributed by atoms with van der Waals surface area (Å²) in [6, 6.07) is 7.73. The highest BCUT2D eigenvalue weighted by molar-refractivity contribution is 5.34. The van der Waals surface area contributed by atoms with Gasteiger partial charge in [0.1, 0.15) is 6.10 Å². The molecule has 0 saturated heterocycles. The lowest BCUT2D eigenvalue weighted by Crippen LogP contribution is -2.06. The second-order valence-electron chi connectivity index (χ2n) is 3.87. The molecule has 1 aromatic carbocycles. The van der Waals surface area contributed by atoms with Crippen molar-refractivity contribution < 1.29 is 5.11 Å². The molecular formula is C13H14N2O. The first-order valence-electron chi connectivity index (χ1n) is 5.20. The highest BCUT2D eigenvalue weighted by Gasteiger charge is 2.14. The van der Waals surface area contributed by atoms with Crippen LogP contribution in [0.25, 0.3) is 0 Å². The topological polar surface area (TPSA) is 46.0 Å². The minimum absolute atomic E-state index is 0.441. The molecule has 1 heterocycles. The first kappa shape index (κ1) is 10.8. The molecule has 0 bridgehead atoms. The van der Waals surface area contributed by atoms with Gasteiger partial charge < -0.3 is 5.11 Å². The molecule has 1 atom stereocenters. The number of aromatic nitrogens is 2. The third-order valence-electron chi connectivity index (χ3n) is 2.56. The zero-order valence-electron chi connectivity index (χ0n) is 9.38. The standard InChI is InChI=1S/C13H14N2O/c1-9-4-5-10(2)11(8-9)12(16)13-14-6-3-7-15-13/h3-8,12,16H,1-2H3. The van der Waals surface area contributed by atoms with Crippen LogP contribution in [0.15, 0.2) is 36.7 Å². The summed E-state index contributed by atoms with van der Waals surface area (Å²) in [5.74, 6) is 0.441. The fraction of sp³-hybridized carbons (Fsp3) is 0.231. The van der Waals surface area contributed by atoms with Crippen LogP contribution in [0, 0.1) is 13.8 Å². The van der Waals surface area contributed by atoms with E-state index in [1.54, 1.807) is 18.5 Å². The van der Waals surface area contributed by atoms with Crippen molar-refractivity contribution in [3.05, 3.63) is 59.2 Å². The molecule has 0 aliphatic heterocycles. The molecule has 0 fully saturated rings. The van der Waals surface area contributed by atoms with Crippen molar-refractivity contribution in [1.29, 1.82) is 0 Å². The third-order valence-corrected chi connectivity index (χ3v) is 2.56. The lowest BCUT2D eigenvalue weighted by atomic mass is 10.0. The van der Waals surface area contributed by atoms with E-state index in [9.17, 15) is 5.11 Å². The zero-order chi connectivity index (χ0) is 11.5. The molecule has 1 N–H and O–H groups in total. The summed E-state index contributed by atoms with van der Waals surface area (Å²) in [5.41, 5.74) is 3.03. The lowest BCUT2D eigenvalue weighted by molar-refractivity contribution is 0.209. The molecule has 0 aliphatic carbocycles. The molecular weight excluding hydrogens is 200 g/mol. The van der Waals surface area contributed by atoms with E-state index in [4.69, 9.17) is 0 Å². The van der Waals surface area contributed by atoms with E-state index in [2.05, 4.69) is 9.97 Å². The van der Waals surface area contributed by atoms with Gasteiger partial charge in [0.05, 0.1) is 0 Å². The Morgan fingerprint density at radius 3 is 2.50 bits per heavy atom. The molecule has 0 aliphatic rings. The van der Waals surface area contributed by atoms with Gasteiger partial charge in [0.2, 0.25) is 0 Å². The Labute approximate surface area is 94.8 Å². The Bertz CT molecular complexity index is 483. The van der Waals surface area contributed by atoms with E-state index >= 15 is 0 Å². The summed E-state index contributed by atoms with van der Waals surface area (Å²) < 4.78 is 0. The fourth-order valence-electron chi connectivity index (χ4n) is 1.65. The Balaban J connectivity index is 2.41. The van der Waals surface area contributed by atoms with Gasteiger partial charge in [-0.1, -0.05) is 23.8 Å². The van der Waals surface area contributed by atoms with Crippen LogP contribution in [0.5, 0.6) is 0 Å². The number of hydrogen-bond donors (Lipinski definition) is 1. The third kappa shape index (κ3) is 2.09. The van der Waals surface area contributed by atoms with Gasteiger partial charge in [-0.15, -0.1) is 0 Å². The van der Waals surface area contributed by atoms with Gasteiger partial charge >= 0.3 is 0 Å². The molecule has 2 aromatic rings. The van der Waals surface area contributed by atoms with Crippen molar-refractivity contribution in [3.8, 4) is 0 Å². The van der Waals surface area contributed by atoms with Crippen LogP contribution in [0.1, 0.15) is 28.6 Å². The van der Waals surface area contributed by atoms with Crippen LogP contribution in [-0.2, 0) is 0 Å². The second-order valence-corrected chi connectivity index (χ2v) is 3.87. The number of nitrogens with zero attached hydrogens (tertiary/aromatic N) is 2. The minimum atomic E-state index is -0.749. The largest absolute Gasteiger partial charge is 0.380 e. The molecule has 0 spiro atoms. The van der Waals surface area contributed by atoms with E-state index in [1.807, 2.05) is 32.0 Å². The molecule has 0 saturated carbocycles. The maximum Gasteiger partial charge on any atom is 0.161 e. The van der Waals surface area contributed by atoms with Gasteiger partial charge in [0, 0.05) is 12.4 Å². The first-order valence-corrected chi connectivity index (χ1v) is 5.20. The van der Waals surface area contributed by atoms with Gasteiger partial charge in [0.15, 0.2) is 5.82 Å². The van der Waals surface area contributed by atoms with Gasteiger partial charge in [-0.25, -0.2) is 9.97 Å². The van der Waals surface area contributed by atoms with Crippen molar-refractivity contribution in [2.75, 3.05) is 0 Å². The molecule has 82 valence electrons. The number of hydrogen-bond acceptors (Lipinski definition) is 3. The fourth-order valence-corrected chi connectivity index (χ4v) is 1.65. The molecule has 3 nitrogen and oxygen atoms in total. The SMILES string of the molecule is Cc1ccc(C)c(C(O)c2ncccn2)c1. The van der Waals surface area contributed by atoms with Gasteiger partial charge in [-0.2, -0.15) is 0 Å². The summed E-state index contributed by atoms with van der Waals surface area (Å²) in [6.45, 7) is 3.97. The van der Waals surface area contributed by atoms with Crippen LogP contribution < -0.4 is 0 Å². The van der Waals surface area contributed by atoms with Crippen molar-refractivity contribution in [1.82, 2.24) is 9.97 Å². The van der Waals surface area contributed by atoms with Crippen molar-refractivity contribution in [2.45, 2.75) is 20.0 Å². The van der Waals surface area contributed by atoms with Crippen LogP contribution in [0.3, 0.4) is 0 Å². The van der Waals surface area contributed by atoms with Crippen molar-refractivity contribution in [2.24, 2.45) is 0 Å². The highest BCUT2D eigenvalue weighted by atomic mass is 16.3. The molecule has 0 amide bonds. The second kappa shape index (κ2) is 4.41. The smallest absolute Gasteiger partial charge is 0.161 e.